The summed E-state index contributed by atoms with van der Waals surface area (Å²) in [6.45, 7) is -0.607. The molecule has 1 saturated carbocycles. The van der Waals surface area contributed by atoms with Crippen molar-refractivity contribution in [3.05, 3.63) is 88.8 Å². The smallest absolute Gasteiger partial charge is 0.249 e. The van der Waals surface area contributed by atoms with Crippen LogP contribution in [0.5, 0.6) is 0 Å². The molecular weight excluding hydrogens is 572 g/mol. The Morgan fingerprint density at radius 3 is 2.10 bits per heavy atom. The molecule has 2 aromatic carbocycles. The molecule has 2 fully saturated rings. The van der Waals surface area contributed by atoms with E-state index in [2.05, 4.69) is 4.98 Å². The van der Waals surface area contributed by atoms with Crippen molar-refractivity contribution in [2.24, 2.45) is 0 Å². The number of hydrogen-bond acceptors (Lipinski definition) is 4. The van der Waals surface area contributed by atoms with E-state index in [4.69, 9.17) is 0 Å². The molecule has 1 saturated heterocycles. The average molecular weight is 598 g/mol. The van der Waals surface area contributed by atoms with Gasteiger partial charge in [-0.1, -0.05) is 31.4 Å². The number of amides is 1. The van der Waals surface area contributed by atoms with Gasteiger partial charge in [-0.05, 0) is 55.0 Å². The average Bonchev–Trinajstić information content (AvgIpc) is 2.93. The summed E-state index contributed by atoms with van der Waals surface area (Å²) in [5, 5.41) is 0. The zero-order chi connectivity index (χ0) is 29.5. The van der Waals surface area contributed by atoms with Gasteiger partial charge in [-0.3, -0.25) is 9.78 Å². The minimum absolute atomic E-state index is 0.0636. The molecule has 2 heterocycles. The maximum atomic E-state index is 14.4. The molecule has 0 spiro atoms. The minimum Gasteiger partial charge on any atom is -0.305 e. The lowest BCUT2D eigenvalue weighted by molar-refractivity contribution is -0.125. The normalized spacial score (nSPS) is 18.2. The van der Waals surface area contributed by atoms with E-state index in [-0.39, 0.29) is 18.7 Å². The first-order chi connectivity index (χ1) is 19.5. The molecule has 2 aliphatic rings. The van der Waals surface area contributed by atoms with Gasteiger partial charge in [-0.2, -0.15) is 4.31 Å². The first-order valence-electron chi connectivity index (χ1n) is 13.1. The molecule has 1 aromatic heterocycles. The largest absolute Gasteiger partial charge is 0.305 e. The van der Waals surface area contributed by atoms with Crippen LogP contribution < -0.4 is 4.90 Å². The number of aromatic nitrogens is 1. The lowest BCUT2D eigenvalue weighted by Crippen LogP contribution is -2.59. The van der Waals surface area contributed by atoms with Crippen LogP contribution in [0.2, 0.25) is 0 Å². The Bertz CT molecular complexity index is 1550. The molecule has 3 aromatic rings. The van der Waals surface area contributed by atoms with Gasteiger partial charge in [-0.15, -0.1) is 0 Å². The zero-order valence-electron chi connectivity index (χ0n) is 21.6. The number of carbonyl (C=O) groups excluding carboxylic acids is 1. The molecule has 1 atom stereocenters. The second kappa shape index (κ2) is 11.4. The molecule has 6 nitrogen and oxygen atoms in total. The number of carbonyl (C=O) groups is 1. The molecule has 1 aliphatic heterocycles. The molecule has 13 heteroatoms. The van der Waals surface area contributed by atoms with Crippen molar-refractivity contribution in [3.63, 3.8) is 0 Å². The third-order valence-corrected chi connectivity index (χ3v) is 9.55. The highest BCUT2D eigenvalue weighted by atomic mass is 32.2. The number of anilines is 1. The molecule has 5 rings (SSSR count). The fourth-order valence-corrected chi connectivity index (χ4v) is 7.06. The van der Waals surface area contributed by atoms with E-state index in [9.17, 15) is 39.6 Å². The summed E-state index contributed by atoms with van der Waals surface area (Å²) >= 11 is 0. The van der Waals surface area contributed by atoms with Crippen molar-refractivity contribution in [1.29, 1.82) is 0 Å². The van der Waals surface area contributed by atoms with Crippen LogP contribution in [0.3, 0.4) is 0 Å². The van der Waals surface area contributed by atoms with E-state index in [0.717, 1.165) is 48.3 Å². The lowest BCUT2D eigenvalue weighted by atomic mass is 9.85. The monoisotopic (exact) mass is 597 g/mol. The van der Waals surface area contributed by atoms with Gasteiger partial charge in [0.05, 0.1) is 12.2 Å². The summed E-state index contributed by atoms with van der Waals surface area (Å²) in [5.74, 6) is -13.6. The summed E-state index contributed by atoms with van der Waals surface area (Å²) in [6, 6.07) is 7.03. The highest BCUT2D eigenvalue weighted by molar-refractivity contribution is 7.89. The Balaban J connectivity index is 1.45. The van der Waals surface area contributed by atoms with E-state index in [0.29, 0.717) is 15.9 Å². The second-order valence-electron chi connectivity index (χ2n) is 10.1. The molecule has 0 N–H and O–H groups in total. The first-order valence-corrected chi connectivity index (χ1v) is 14.5. The summed E-state index contributed by atoms with van der Waals surface area (Å²) in [5.41, 5.74) is 1.53. The number of halogens is 6. The van der Waals surface area contributed by atoms with Gasteiger partial charge in [0.25, 0.3) is 0 Å². The number of sulfonamides is 1. The van der Waals surface area contributed by atoms with Gasteiger partial charge in [0.2, 0.25) is 21.7 Å². The van der Waals surface area contributed by atoms with Crippen LogP contribution in [0.1, 0.15) is 55.7 Å². The van der Waals surface area contributed by atoms with E-state index in [1.165, 1.54) is 18.6 Å². The lowest BCUT2D eigenvalue weighted by Gasteiger charge is -2.41. The van der Waals surface area contributed by atoms with Crippen LogP contribution in [0.15, 0.2) is 47.5 Å². The van der Waals surface area contributed by atoms with Crippen molar-refractivity contribution in [2.45, 2.75) is 61.9 Å². The van der Waals surface area contributed by atoms with Crippen LogP contribution in [-0.4, -0.2) is 36.2 Å². The number of rotatable bonds is 7. The van der Waals surface area contributed by atoms with E-state index >= 15 is 0 Å². The van der Waals surface area contributed by atoms with Gasteiger partial charge < -0.3 is 4.90 Å². The predicted molar refractivity (Wildman–Crippen MR) is 136 cm³/mol. The maximum absolute atomic E-state index is 14.4. The molecule has 41 heavy (non-hydrogen) atoms. The molecule has 218 valence electrons. The molecule has 1 unspecified atom stereocenters. The van der Waals surface area contributed by atoms with Crippen LogP contribution in [0.4, 0.5) is 32.0 Å². The molecule has 0 bridgehead atoms. The van der Waals surface area contributed by atoms with E-state index < -0.39 is 68.3 Å². The van der Waals surface area contributed by atoms with Crippen molar-refractivity contribution in [1.82, 2.24) is 9.29 Å². The number of benzene rings is 2. The summed E-state index contributed by atoms with van der Waals surface area (Å²) in [4.78, 5) is 17.2. The SMILES string of the molecule is O=C(C1CCN1S(=O)(=O)c1c(F)c(F)c(F)c(F)c1F)N(Cc1ccc(C2CCCCC2)cn1)c1cccc(F)c1. The number of hydrogen-bond donors (Lipinski definition) is 0. The highest BCUT2D eigenvalue weighted by Crippen LogP contribution is 2.35. The summed E-state index contributed by atoms with van der Waals surface area (Å²) in [6.07, 6.45) is 7.13. The van der Waals surface area contributed by atoms with Gasteiger partial charge in [0.15, 0.2) is 28.2 Å². The van der Waals surface area contributed by atoms with Crippen LogP contribution in [-0.2, 0) is 21.4 Å². The Labute approximate surface area is 232 Å². The quantitative estimate of drug-likeness (QED) is 0.192. The molecular formula is C28H25F6N3O3S. The fourth-order valence-electron chi connectivity index (χ4n) is 5.32. The number of nitrogens with zero attached hydrogens (tertiary/aromatic N) is 3. The fraction of sp³-hybridized carbons (Fsp3) is 0.357. The zero-order valence-corrected chi connectivity index (χ0v) is 22.4. The summed E-state index contributed by atoms with van der Waals surface area (Å²) < 4.78 is 111. The van der Waals surface area contributed by atoms with Crippen molar-refractivity contribution >= 4 is 21.6 Å². The predicted octanol–water partition coefficient (Wildman–Crippen LogP) is 5.96. The van der Waals surface area contributed by atoms with Gasteiger partial charge in [0, 0.05) is 18.4 Å². The van der Waals surface area contributed by atoms with Crippen molar-refractivity contribution in [2.75, 3.05) is 11.4 Å². The Kier molecular flexibility index (Phi) is 8.11. The first kappa shape index (κ1) is 29.1. The van der Waals surface area contributed by atoms with E-state index in [1.807, 2.05) is 6.07 Å². The second-order valence-corrected chi connectivity index (χ2v) is 12.0. The van der Waals surface area contributed by atoms with Crippen LogP contribution in [0, 0.1) is 34.9 Å². The highest BCUT2D eigenvalue weighted by Gasteiger charge is 2.48. The van der Waals surface area contributed by atoms with Gasteiger partial charge in [-0.25, -0.2) is 34.8 Å². The molecule has 1 aliphatic carbocycles. The summed E-state index contributed by atoms with van der Waals surface area (Å²) in [7, 11) is -5.33. The Hall–Kier alpha value is -3.45. The van der Waals surface area contributed by atoms with E-state index in [1.54, 1.807) is 12.3 Å². The Morgan fingerprint density at radius 2 is 1.54 bits per heavy atom. The third kappa shape index (κ3) is 5.44. The van der Waals surface area contributed by atoms with Crippen LogP contribution >= 0.6 is 0 Å². The molecule has 0 radical (unpaired) electrons. The maximum Gasteiger partial charge on any atom is 0.249 e. The van der Waals surface area contributed by atoms with Gasteiger partial charge in [0.1, 0.15) is 11.9 Å². The number of pyridine rings is 1. The van der Waals surface area contributed by atoms with Crippen LogP contribution in [0.25, 0.3) is 0 Å². The minimum atomic E-state index is -5.33. The molecule has 1 amide bonds. The Morgan fingerprint density at radius 1 is 0.878 bits per heavy atom. The topological polar surface area (TPSA) is 70.6 Å². The standard InChI is InChI=1S/C28H25F6N3O3S/c29-18-7-4-8-20(13-18)36(15-19-10-9-17(14-35-19)16-5-2-1-3-6-16)28(38)21-11-12-37(21)41(39,40)27-25(33)23(31)22(30)24(32)26(27)34/h4,7-10,13-14,16,21H,1-3,5-6,11-12,15H2. The third-order valence-electron chi connectivity index (χ3n) is 7.62. The van der Waals surface area contributed by atoms with Crippen molar-refractivity contribution < 1.29 is 39.6 Å². The van der Waals surface area contributed by atoms with Gasteiger partial charge >= 0.3 is 0 Å². The van der Waals surface area contributed by atoms with Crippen molar-refractivity contribution in [3.8, 4) is 0 Å².